The van der Waals surface area contributed by atoms with Crippen molar-refractivity contribution in [3.05, 3.63) is 29.3 Å². The molecular formula is C14H17F3N2O. The first kappa shape index (κ1) is 14.8. The van der Waals surface area contributed by atoms with Crippen LogP contribution in [-0.4, -0.2) is 19.0 Å². The van der Waals surface area contributed by atoms with E-state index in [9.17, 15) is 18.0 Å². The number of carbonyl (C=O) groups excluding carboxylic acids is 1. The number of alkyl halides is 3. The maximum absolute atomic E-state index is 12.8. The van der Waals surface area contributed by atoms with E-state index < -0.39 is 11.7 Å². The number of hydrogen-bond acceptors (Lipinski definition) is 2. The number of rotatable bonds is 2. The average molecular weight is 286 g/mol. The predicted molar refractivity (Wildman–Crippen MR) is 70.4 cm³/mol. The molecule has 2 rings (SSSR count). The maximum atomic E-state index is 12.8. The van der Waals surface area contributed by atoms with Gasteiger partial charge in [-0.1, -0.05) is 6.07 Å². The van der Waals surface area contributed by atoms with E-state index in [1.807, 2.05) is 0 Å². The molecule has 0 saturated carbocycles. The smallest absolute Gasteiger partial charge is 0.326 e. The number of carbonyl (C=O) groups is 1. The van der Waals surface area contributed by atoms with Gasteiger partial charge in [-0.2, -0.15) is 13.2 Å². The largest absolute Gasteiger partial charge is 0.416 e. The Labute approximate surface area is 115 Å². The Bertz CT molecular complexity index is 494. The quantitative estimate of drug-likeness (QED) is 0.877. The Morgan fingerprint density at radius 1 is 1.30 bits per heavy atom. The molecule has 0 bridgehead atoms. The molecule has 2 N–H and O–H groups in total. The minimum absolute atomic E-state index is 0.0577. The van der Waals surface area contributed by atoms with Gasteiger partial charge in [0, 0.05) is 11.6 Å². The van der Waals surface area contributed by atoms with E-state index in [0.717, 1.165) is 19.2 Å². The first-order valence-corrected chi connectivity index (χ1v) is 6.58. The first-order valence-electron chi connectivity index (χ1n) is 6.58. The van der Waals surface area contributed by atoms with Gasteiger partial charge in [0.05, 0.1) is 5.56 Å². The molecule has 20 heavy (non-hydrogen) atoms. The zero-order valence-electron chi connectivity index (χ0n) is 11.2. The predicted octanol–water partition coefficient (Wildman–Crippen LogP) is 2.95. The van der Waals surface area contributed by atoms with Gasteiger partial charge < -0.3 is 10.6 Å². The summed E-state index contributed by atoms with van der Waals surface area (Å²) < 4.78 is 38.4. The van der Waals surface area contributed by atoms with E-state index in [4.69, 9.17) is 0 Å². The second-order valence-corrected chi connectivity index (χ2v) is 4.99. The van der Waals surface area contributed by atoms with E-state index in [1.54, 1.807) is 0 Å². The van der Waals surface area contributed by atoms with E-state index in [0.29, 0.717) is 12.8 Å². The van der Waals surface area contributed by atoms with Crippen molar-refractivity contribution >= 4 is 11.6 Å². The fourth-order valence-electron chi connectivity index (χ4n) is 2.40. The van der Waals surface area contributed by atoms with Crippen molar-refractivity contribution in [2.24, 2.45) is 5.92 Å². The fraction of sp³-hybridized carbons (Fsp3) is 0.500. The summed E-state index contributed by atoms with van der Waals surface area (Å²) in [5.74, 6) is -0.334. The average Bonchev–Trinajstić information content (AvgIpc) is 2.40. The third-order valence-corrected chi connectivity index (χ3v) is 3.61. The van der Waals surface area contributed by atoms with Crippen LogP contribution >= 0.6 is 0 Å². The molecule has 1 saturated heterocycles. The molecule has 0 unspecified atom stereocenters. The molecule has 1 aromatic carbocycles. The molecule has 110 valence electrons. The van der Waals surface area contributed by atoms with Gasteiger partial charge >= 0.3 is 6.18 Å². The standard InChI is InChI=1S/C14H17F3N2O/c1-9-11(14(15,16)17)3-2-4-12(9)19-13(20)10-5-7-18-8-6-10/h2-4,10,18H,5-8H2,1H3,(H,19,20). The normalized spacial score (nSPS) is 17.0. The van der Waals surface area contributed by atoms with Crippen LogP contribution in [0.5, 0.6) is 0 Å². The Morgan fingerprint density at radius 3 is 2.55 bits per heavy atom. The highest BCUT2D eigenvalue weighted by molar-refractivity contribution is 5.93. The Hall–Kier alpha value is -1.56. The van der Waals surface area contributed by atoms with E-state index in [1.165, 1.54) is 19.1 Å². The minimum atomic E-state index is -4.40. The van der Waals surface area contributed by atoms with Crippen molar-refractivity contribution in [2.45, 2.75) is 25.9 Å². The molecule has 0 aliphatic carbocycles. The summed E-state index contributed by atoms with van der Waals surface area (Å²) in [7, 11) is 0. The van der Waals surface area contributed by atoms with Gasteiger partial charge in [0.25, 0.3) is 0 Å². The number of benzene rings is 1. The number of hydrogen-bond donors (Lipinski definition) is 2. The zero-order valence-corrected chi connectivity index (χ0v) is 11.2. The van der Waals surface area contributed by atoms with Crippen molar-refractivity contribution in [2.75, 3.05) is 18.4 Å². The number of piperidine rings is 1. The van der Waals surface area contributed by atoms with Crippen LogP contribution in [0.25, 0.3) is 0 Å². The van der Waals surface area contributed by atoms with Crippen LogP contribution in [-0.2, 0) is 11.0 Å². The fourth-order valence-corrected chi connectivity index (χ4v) is 2.40. The van der Waals surface area contributed by atoms with Gasteiger partial charge in [-0.3, -0.25) is 4.79 Å². The molecule has 1 aliphatic rings. The highest BCUT2D eigenvalue weighted by Gasteiger charge is 2.33. The summed E-state index contributed by atoms with van der Waals surface area (Å²) in [6.07, 6.45) is -2.98. The Kier molecular flexibility index (Phi) is 4.32. The second kappa shape index (κ2) is 5.83. The first-order chi connectivity index (χ1) is 9.39. The molecule has 0 spiro atoms. The number of amides is 1. The molecule has 0 aromatic heterocycles. The molecule has 1 heterocycles. The summed E-state index contributed by atoms with van der Waals surface area (Å²) >= 11 is 0. The molecular weight excluding hydrogens is 269 g/mol. The van der Waals surface area contributed by atoms with Crippen LogP contribution < -0.4 is 10.6 Å². The van der Waals surface area contributed by atoms with Gasteiger partial charge in [-0.25, -0.2) is 0 Å². The lowest BCUT2D eigenvalue weighted by atomic mass is 9.97. The van der Waals surface area contributed by atoms with Crippen LogP contribution in [0.15, 0.2) is 18.2 Å². The SMILES string of the molecule is Cc1c(NC(=O)C2CCNCC2)cccc1C(F)(F)F. The second-order valence-electron chi connectivity index (χ2n) is 4.99. The maximum Gasteiger partial charge on any atom is 0.416 e. The molecule has 1 aromatic rings. The number of nitrogens with one attached hydrogen (secondary N) is 2. The molecule has 0 radical (unpaired) electrons. The molecule has 3 nitrogen and oxygen atoms in total. The van der Waals surface area contributed by atoms with Crippen molar-refractivity contribution in [3.63, 3.8) is 0 Å². The van der Waals surface area contributed by atoms with Gasteiger partial charge in [-0.15, -0.1) is 0 Å². The lowest BCUT2D eigenvalue weighted by Gasteiger charge is -2.22. The number of anilines is 1. The van der Waals surface area contributed by atoms with Crippen molar-refractivity contribution in [3.8, 4) is 0 Å². The third kappa shape index (κ3) is 3.30. The minimum Gasteiger partial charge on any atom is -0.326 e. The summed E-state index contributed by atoms with van der Waals surface area (Å²) in [4.78, 5) is 12.1. The van der Waals surface area contributed by atoms with Crippen molar-refractivity contribution < 1.29 is 18.0 Å². The Morgan fingerprint density at radius 2 is 1.95 bits per heavy atom. The molecule has 6 heteroatoms. The molecule has 0 atom stereocenters. The molecule has 1 fully saturated rings. The lowest BCUT2D eigenvalue weighted by Crippen LogP contribution is -2.34. The molecule has 1 aliphatic heterocycles. The number of halogens is 3. The van der Waals surface area contributed by atoms with E-state index >= 15 is 0 Å². The molecule has 1 amide bonds. The van der Waals surface area contributed by atoms with Crippen LogP contribution in [0, 0.1) is 12.8 Å². The zero-order chi connectivity index (χ0) is 14.8. The highest BCUT2D eigenvalue weighted by atomic mass is 19.4. The van der Waals surface area contributed by atoms with Crippen LogP contribution in [0.3, 0.4) is 0 Å². The summed E-state index contributed by atoms with van der Waals surface area (Å²) in [5.41, 5.74) is -0.411. The summed E-state index contributed by atoms with van der Waals surface area (Å²) in [6.45, 7) is 2.90. The summed E-state index contributed by atoms with van der Waals surface area (Å²) in [5, 5.41) is 5.77. The monoisotopic (exact) mass is 286 g/mol. The van der Waals surface area contributed by atoms with Crippen molar-refractivity contribution in [1.29, 1.82) is 0 Å². The van der Waals surface area contributed by atoms with E-state index in [2.05, 4.69) is 10.6 Å². The Balaban J connectivity index is 2.15. The van der Waals surface area contributed by atoms with E-state index in [-0.39, 0.29) is 23.1 Å². The third-order valence-electron chi connectivity index (χ3n) is 3.61. The van der Waals surface area contributed by atoms with Gasteiger partial charge in [0.15, 0.2) is 0 Å². The van der Waals surface area contributed by atoms with Crippen LogP contribution in [0.2, 0.25) is 0 Å². The van der Waals surface area contributed by atoms with Crippen molar-refractivity contribution in [1.82, 2.24) is 5.32 Å². The van der Waals surface area contributed by atoms with Gasteiger partial charge in [-0.05, 0) is 50.6 Å². The van der Waals surface area contributed by atoms with Gasteiger partial charge in [0.1, 0.15) is 0 Å². The lowest BCUT2D eigenvalue weighted by molar-refractivity contribution is -0.138. The van der Waals surface area contributed by atoms with Crippen LogP contribution in [0.4, 0.5) is 18.9 Å². The topological polar surface area (TPSA) is 41.1 Å². The summed E-state index contributed by atoms with van der Waals surface area (Å²) in [6, 6.07) is 3.84. The van der Waals surface area contributed by atoms with Gasteiger partial charge in [0.2, 0.25) is 5.91 Å². The van der Waals surface area contributed by atoms with Crippen LogP contribution in [0.1, 0.15) is 24.0 Å². The highest BCUT2D eigenvalue weighted by Crippen LogP contribution is 2.34.